The van der Waals surface area contributed by atoms with E-state index >= 15 is 0 Å². The highest BCUT2D eigenvalue weighted by molar-refractivity contribution is 6.04. The number of unbranched alkanes of at least 4 members (excludes halogenated alkanes) is 1. The van der Waals surface area contributed by atoms with E-state index in [9.17, 15) is 9.59 Å². The summed E-state index contributed by atoms with van der Waals surface area (Å²) in [7, 11) is 0. The molecular weight excluding hydrogens is 340 g/mol. The van der Waals surface area contributed by atoms with Gasteiger partial charge in [0.15, 0.2) is 0 Å². The molecule has 1 aromatic rings. The predicted octanol–water partition coefficient (Wildman–Crippen LogP) is 2.32. The van der Waals surface area contributed by atoms with Crippen LogP contribution in [-0.4, -0.2) is 78.5 Å². The number of anilines is 1. The van der Waals surface area contributed by atoms with Gasteiger partial charge in [-0.2, -0.15) is 0 Å². The number of imide groups is 1. The summed E-state index contributed by atoms with van der Waals surface area (Å²) in [5.74, 6) is 0.0318. The molecule has 0 aliphatic carbocycles. The topological polar surface area (TPSA) is 47.1 Å². The van der Waals surface area contributed by atoms with Gasteiger partial charge in [-0.3, -0.25) is 14.6 Å². The molecule has 1 unspecified atom stereocenters. The normalized spacial score (nSPS) is 23.4. The van der Waals surface area contributed by atoms with Crippen molar-refractivity contribution in [1.82, 2.24) is 14.7 Å². The lowest BCUT2D eigenvalue weighted by Crippen LogP contribution is -2.47. The summed E-state index contributed by atoms with van der Waals surface area (Å²) in [6.45, 7) is 8.82. The Balaban J connectivity index is 1.18. The van der Waals surface area contributed by atoms with Gasteiger partial charge in [-0.15, -0.1) is 0 Å². The average molecular weight is 370 g/mol. The standard InChI is InChI=1S/C21H30N4O2/c1-17-7-2-3-8-18(17)23-15-13-22(14-16-23)10-4-5-11-25-20(26)19-9-6-12-24(19)21(25)27/h2-3,7-8,19H,4-6,9-16H2,1H3. The van der Waals surface area contributed by atoms with Crippen LogP contribution < -0.4 is 4.90 Å². The number of nitrogens with zero attached hydrogens (tertiary/aromatic N) is 4. The van der Waals surface area contributed by atoms with Crippen molar-refractivity contribution < 1.29 is 9.59 Å². The maximum Gasteiger partial charge on any atom is 0.327 e. The zero-order chi connectivity index (χ0) is 18.8. The zero-order valence-electron chi connectivity index (χ0n) is 16.3. The SMILES string of the molecule is Cc1ccccc1N1CCN(CCCCN2C(=O)C3CCCN3C2=O)CC1. The van der Waals surface area contributed by atoms with Gasteiger partial charge in [0.05, 0.1) is 0 Å². The van der Waals surface area contributed by atoms with Crippen molar-refractivity contribution in [2.24, 2.45) is 0 Å². The molecule has 1 atom stereocenters. The smallest absolute Gasteiger partial charge is 0.327 e. The van der Waals surface area contributed by atoms with E-state index in [0.717, 1.165) is 65.0 Å². The number of benzene rings is 1. The molecule has 0 spiro atoms. The second kappa shape index (κ2) is 7.89. The molecule has 6 heteroatoms. The molecule has 6 nitrogen and oxygen atoms in total. The monoisotopic (exact) mass is 370 g/mol. The van der Waals surface area contributed by atoms with Gasteiger partial charge >= 0.3 is 6.03 Å². The Morgan fingerprint density at radius 2 is 1.70 bits per heavy atom. The summed E-state index contributed by atoms with van der Waals surface area (Å²) >= 11 is 0. The van der Waals surface area contributed by atoms with E-state index in [1.165, 1.54) is 16.2 Å². The Kier molecular flexibility index (Phi) is 5.34. The molecule has 4 rings (SSSR count). The number of aryl methyl sites for hydroxylation is 1. The van der Waals surface area contributed by atoms with Crippen molar-refractivity contribution in [1.29, 1.82) is 0 Å². The Bertz CT molecular complexity index is 677. The summed E-state index contributed by atoms with van der Waals surface area (Å²) < 4.78 is 0. The van der Waals surface area contributed by atoms with Gasteiger partial charge in [-0.25, -0.2) is 4.79 Å². The molecule has 3 aliphatic rings. The third kappa shape index (κ3) is 3.68. The third-order valence-electron chi connectivity index (χ3n) is 6.21. The lowest BCUT2D eigenvalue weighted by atomic mass is 10.1. The van der Waals surface area contributed by atoms with Crippen molar-refractivity contribution in [3.05, 3.63) is 29.8 Å². The summed E-state index contributed by atoms with van der Waals surface area (Å²) in [6.07, 6.45) is 3.73. The molecule has 3 amide bonds. The molecule has 146 valence electrons. The quantitative estimate of drug-likeness (QED) is 0.570. The summed E-state index contributed by atoms with van der Waals surface area (Å²) in [5.41, 5.74) is 2.69. The van der Waals surface area contributed by atoms with Gasteiger partial charge in [0, 0.05) is 45.0 Å². The van der Waals surface area contributed by atoms with Crippen LogP contribution >= 0.6 is 0 Å². The minimum Gasteiger partial charge on any atom is -0.369 e. The number of hydrogen-bond acceptors (Lipinski definition) is 4. The van der Waals surface area contributed by atoms with E-state index in [2.05, 4.69) is 41.0 Å². The van der Waals surface area contributed by atoms with E-state index in [-0.39, 0.29) is 18.0 Å². The number of urea groups is 1. The first-order valence-electron chi connectivity index (χ1n) is 10.3. The van der Waals surface area contributed by atoms with Gasteiger partial charge < -0.3 is 9.80 Å². The molecule has 0 radical (unpaired) electrons. The van der Waals surface area contributed by atoms with Gasteiger partial charge in [0.25, 0.3) is 5.91 Å². The maximum absolute atomic E-state index is 12.3. The fourth-order valence-electron chi connectivity index (χ4n) is 4.62. The summed E-state index contributed by atoms with van der Waals surface area (Å²) in [5, 5.41) is 0. The second-order valence-electron chi connectivity index (χ2n) is 7.95. The number of carbonyl (C=O) groups excluding carboxylic acids is 2. The number of para-hydroxylation sites is 1. The summed E-state index contributed by atoms with van der Waals surface area (Å²) in [4.78, 5) is 32.9. The van der Waals surface area contributed by atoms with Crippen LogP contribution in [-0.2, 0) is 4.79 Å². The molecule has 3 saturated heterocycles. The van der Waals surface area contributed by atoms with E-state index in [1.807, 2.05) is 0 Å². The Morgan fingerprint density at radius 3 is 2.44 bits per heavy atom. The Hall–Kier alpha value is -2.08. The molecule has 0 aromatic heterocycles. The van der Waals surface area contributed by atoms with Gasteiger partial charge in [0.2, 0.25) is 0 Å². The molecule has 1 aromatic carbocycles. The highest BCUT2D eigenvalue weighted by Crippen LogP contribution is 2.27. The molecule has 3 fully saturated rings. The lowest BCUT2D eigenvalue weighted by Gasteiger charge is -2.36. The van der Waals surface area contributed by atoms with E-state index < -0.39 is 0 Å². The molecule has 3 aliphatic heterocycles. The van der Waals surface area contributed by atoms with E-state index in [4.69, 9.17) is 0 Å². The largest absolute Gasteiger partial charge is 0.369 e. The minimum absolute atomic E-state index is 0.0318. The number of rotatable bonds is 6. The number of amides is 3. The maximum atomic E-state index is 12.3. The molecule has 27 heavy (non-hydrogen) atoms. The third-order valence-corrected chi connectivity index (χ3v) is 6.21. The highest BCUT2D eigenvalue weighted by atomic mass is 16.2. The van der Waals surface area contributed by atoms with E-state index in [0.29, 0.717) is 6.54 Å². The van der Waals surface area contributed by atoms with E-state index in [1.54, 1.807) is 4.90 Å². The first-order valence-corrected chi connectivity index (χ1v) is 10.3. The van der Waals surface area contributed by atoms with Crippen molar-refractivity contribution in [3.8, 4) is 0 Å². The van der Waals surface area contributed by atoms with Crippen LogP contribution in [0.3, 0.4) is 0 Å². The van der Waals surface area contributed by atoms with Crippen LogP contribution in [0, 0.1) is 6.92 Å². The molecule has 0 N–H and O–H groups in total. The van der Waals surface area contributed by atoms with Crippen molar-refractivity contribution in [2.75, 3.05) is 50.7 Å². The van der Waals surface area contributed by atoms with Gasteiger partial charge in [-0.1, -0.05) is 18.2 Å². The van der Waals surface area contributed by atoms with Crippen LogP contribution in [0.25, 0.3) is 0 Å². The molecule has 0 saturated carbocycles. The fraction of sp³-hybridized carbons (Fsp3) is 0.619. The summed E-state index contributed by atoms with van der Waals surface area (Å²) in [6, 6.07) is 8.37. The fourth-order valence-corrected chi connectivity index (χ4v) is 4.62. The van der Waals surface area contributed by atoms with Gasteiger partial charge in [0.1, 0.15) is 6.04 Å². The van der Waals surface area contributed by atoms with Crippen LogP contribution in [0.15, 0.2) is 24.3 Å². The number of piperazine rings is 1. The lowest BCUT2D eigenvalue weighted by molar-refractivity contribution is -0.128. The zero-order valence-corrected chi connectivity index (χ0v) is 16.3. The first-order chi connectivity index (χ1) is 13.1. The Morgan fingerprint density at radius 1 is 0.963 bits per heavy atom. The van der Waals surface area contributed by atoms with Crippen molar-refractivity contribution >= 4 is 17.6 Å². The number of fused-ring (bicyclic) bond motifs is 1. The number of hydrogen-bond donors (Lipinski definition) is 0. The number of carbonyl (C=O) groups is 2. The highest BCUT2D eigenvalue weighted by Gasteiger charge is 2.46. The van der Waals surface area contributed by atoms with Crippen LogP contribution in [0.5, 0.6) is 0 Å². The first kappa shape index (κ1) is 18.3. The van der Waals surface area contributed by atoms with Crippen LogP contribution in [0.4, 0.5) is 10.5 Å². The molecule has 3 heterocycles. The van der Waals surface area contributed by atoms with Crippen LogP contribution in [0.1, 0.15) is 31.2 Å². The average Bonchev–Trinajstić information content (AvgIpc) is 3.25. The molecule has 0 bridgehead atoms. The second-order valence-corrected chi connectivity index (χ2v) is 7.95. The predicted molar refractivity (Wildman–Crippen MR) is 106 cm³/mol. The Labute approximate surface area is 161 Å². The van der Waals surface area contributed by atoms with Gasteiger partial charge in [-0.05, 0) is 50.8 Å². The molecular formula is C21H30N4O2. The van der Waals surface area contributed by atoms with Crippen LogP contribution in [0.2, 0.25) is 0 Å². The van der Waals surface area contributed by atoms with Crippen molar-refractivity contribution in [3.63, 3.8) is 0 Å². The minimum atomic E-state index is -0.160. The van der Waals surface area contributed by atoms with Crippen molar-refractivity contribution in [2.45, 2.75) is 38.6 Å².